The summed E-state index contributed by atoms with van der Waals surface area (Å²) >= 11 is 0. The topological polar surface area (TPSA) is 95.6 Å². The Balaban J connectivity index is 1.44. The molecule has 5 rings (SSSR count). The number of para-hydroxylation sites is 2. The van der Waals surface area contributed by atoms with Crippen LogP contribution in [0.4, 0.5) is 11.4 Å². The lowest BCUT2D eigenvalue weighted by molar-refractivity contribution is -0.128. The average molecular weight is 466 g/mol. The van der Waals surface area contributed by atoms with Gasteiger partial charge in [0.2, 0.25) is 17.6 Å². The van der Waals surface area contributed by atoms with Crippen LogP contribution in [0.3, 0.4) is 0 Å². The number of benzene rings is 2. The number of hydrogen-bond acceptors (Lipinski definition) is 7. The van der Waals surface area contributed by atoms with Gasteiger partial charge in [0.1, 0.15) is 11.4 Å². The molecule has 2 aromatic rings. The van der Waals surface area contributed by atoms with Gasteiger partial charge in [0.15, 0.2) is 11.5 Å². The van der Waals surface area contributed by atoms with Gasteiger partial charge in [-0.05, 0) is 12.1 Å². The second kappa shape index (κ2) is 8.25. The first kappa shape index (κ1) is 22.1. The number of nitrogens with zero attached hydrogens (tertiary/aromatic N) is 1. The van der Waals surface area contributed by atoms with E-state index >= 15 is 0 Å². The number of nitrogens with one attached hydrogen (secondary N) is 1. The minimum atomic E-state index is -0.847. The highest BCUT2D eigenvalue weighted by molar-refractivity contribution is 6.06. The molecule has 2 unspecified atom stereocenters. The molecule has 9 nitrogen and oxygen atoms in total. The van der Waals surface area contributed by atoms with Crippen molar-refractivity contribution in [3.8, 4) is 23.0 Å². The summed E-state index contributed by atoms with van der Waals surface area (Å²) in [5.74, 6) is 0.0302. The molecule has 0 radical (unpaired) electrons. The molecule has 2 saturated heterocycles. The number of hydrogen-bond donors (Lipinski definition) is 1. The summed E-state index contributed by atoms with van der Waals surface area (Å²) in [5.41, 5.74) is 0.273. The summed E-state index contributed by atoms with van der Waals surface area (Å²) in [5, 5.41) is 2.91. The maximum Gasteiger partial charge on any atom is 0.234 e. The number of rotatable bonds is 7. The fraction of sp³-hybridized carbons (Fsp3) is 0.360. The van der Waals surface area contributed by atoms with Crippen LogP contribution in [0.1, 0.15) is 0 Å². The number of amides is 2. The standard InChI is InChI=1S/C25H26N2O7/c1-30-16-8-6-5-7-15(16)27-13-25-10-9-17(34-25)20(21(25)24(27)29)23(28)26-14-11-18(31-2)22(33-4)19(12-14)32-3/h5-12,17,20-21H,13H2,1-4H3,(H,26,28)/t17-,20?,21?,25-/m1/s1. The van der Waals surface area contributed by atoms with E-state index in [1.165, 1.54) is 21.3 Å². The lowest BCUT2D eigenvalue weighted by Crippen LogP contribution is -2.41. The molecule has 0 aromatic heterocycles. The number of carbonyl (C=O) groups is 2. The molecule has 178 valence electrons. The highest BCUT2D eigenvalue weighted by Gasteiger charge is 2.67. The van der Waals surface area contributed by atoms with E-state index in [9.17, 15) is 9.59 Å². The highest BCUT2D eigenvalue weighted by Crippen LogP contribution is 2.53. The van der Waals surface area contributed by atoms with E-state index in [0.29, 0.717) is 40.9 Å². The van der Waals surface area contributed by atoms with Crippen molar-refractivity contribution in [2.45, 2.75) is 11.7 Å². The third-order valence-corrected chi connectivity index (χ3v) is 6.71. The molecule has 4 atom stereocenters. The molecule has 34 heavy (non-hydrogen) atoms. The third kappa shape index (κ3) is 3.19. The summed E-state index contributed by atoms with van der Waals surface area (Å²) in [6.07, 6.45) is 3.31. The Morgan fingerprint density at radius 2 is 1.71 bits per heavy atom. The van der Waals surface area contributed by atoms with Gasteiger partial charge in [-0.2, -0.15) is 0 Å². The van der Waals surface area contributed by atoms with E-state index in [1.807, 2.05) is 30.4 Å². The van der Waals surface area contributed by atoms with Gasteiger partial charge in [-0.25, -0.2) is 0 Å². The number of carbonyl (C=O) groups excluding carboxylic acids is 2. The molecule has 2 bridgehead atoms. The SMILES string of the molecule is COc1ccccc1N1C[C@@]23C=C[C@@H](O2)C(C(=O)Nc2cc(OC)c(OC)c(OC)c2)C3C1=O. The van der Waals surface area contributed by atoms with Crippen LogP contribution >= 0.6 is 0 Å². The molecule has 1 N–H and O–H groups in total. The van der Waals surface area contributed by atoms with Crippen LogP contribution in [0, 0.1) is 11.8 Å². The van der Waals surface area contributed by atoms with E-state index in [4.69, 9.17) is 23.7 Å². The van der Waals surface area contributed by atoms with Crippen LogP contribution in [-0.4, -0.2) is 58.5 Å². The van der Waals surface area contributed by atoms with Crippen molar-refractivity contribution in [2.24, 2.45) is 11.8 Å². The van der Waals surface area contributed by atoms with Crippen LogP contribution in [0.15, 0.2) is 48.6 Å². The summed E-state index contributed by atoms with van der Waals surface area (Å²) in [6, 6.07) is 10.6. The summed E-state index contributed by atoms with van der Waals surface area (Å²) in [4.78, 5) is 28.7. The zero-order valence-electron chi connectivity index (χ0n) is 19.4. The molecule has 2 fully saturated rings. The first-order valence-electron chi connectivity index (χ1n) is 10.9. The van der Waals surface area contributed by atoms with Gasteiger partial charge in [-0.1, -0.05) is 24.3 Å². The molecule has 0 aliphatic carbocycles. The molecule has 2 amide bonds. The van der Waals surface area contributed by atoms with Crippen LogP contribution < -0.4 is 29.2 Å². The fourth-order valence-corrected chi connectivity index (χ4v) is 5.23. The normalized spacial score (nSPS) is 26.4. The van der Waals surface area contributed by atoms with Crippen LogP contribution in [0.2, 0.25) is 0 Å². The Kier molecular flexibility index (Phi) is 5.36. The maximum absolute atomic E-state index is 13.6. The van der Waals surface area contributed by atoms with Crippen molar-refractivity contribution >= 4 is 23.2 Å². The zero-order chi connectivity index (χ0) is 24.0. The monoisotopic (exact) mass is 466 g/mol. The molecule has 3 aliphatic heterocycles. The van der Waals surface area contributed by atoms with Crippen LogP contribution in [0.25, 0.3) is 0 Å². The largest absolute Gasteiger partial charge is 0.495 e. The van der Waals surface area contributed by atoms with Gasteiger partial charge in [-0.3, -0.25) is 9.59 Å². The molecule has 3 aliphatic rings. The van der Waals surface area contributed by atoms with Gasteiger partial charge in [0.25, 0.3) is 0 Å². The van der Waals surface area contributed by atoms with Crippen LogP contribution in [0.5, 0.6) is 23.0 Å². The van der Waals surface area contributed by atoms with Crippen LogP contribution in [-0.2, 0) is 14.3 Å². The van der Waals surface area contributed by atoms with E-state index in [0.717, 1.165) is 0 Å². The quantitative estimate of drug-likeness (QED) is 0.627. The van der Waals surface area contributed by atoms with Crippen molar-refractivity contribution in [2.75, 3.05) is 45.2 Å². The minimum absolute atomic E-state index is 0.165. The molecular weight excluding hydrogens is 440 g/mol. The summed E-state index contributed by atoms with van der Waals surface area (Å²) < 4.78 is 27.8. The van der Waals surface area contributed by atoms with Crippen molar-refractivity contribution in [1.82, 2.24) is 0 Å². The molecule has 0 saturated carbocycles. The van der Waals surface area contributed by atoms with Crippen molar-refractivity contribution in [3.63, 3.8) is 0 Å². The van der Waals surface area contributed by atoms with E-state index in [-0.39, 0.29) is 11.8 Å². The summed E-state index contributed by atoms with van der Waals surface area (Å²) in [6.45, 7) is 0.317. The van der Waals surface area contributed by atoms with E-state index < -0.39 is 23.5 Å². The Bertz CT molecular complexity index is 1150. The van der Waals surface area contributed by atoms with Crippen molar-refractivity contribution in [3.05, 3.63) is 48.6 Å². The first-order chi connectivity index (χ1) is 16.5. The molecule has 2 aromatic carbocycles. The average Bonchev–Trinajstić information content (AvgIpc) is 3.51. The van der Waals surface area contributed by atoms with Gasteiger partial charge >= 0.3 is 0 Å². The fourth-order valence-electron chi connectivity index (χ4n) is 5.23. The zero-order valence-corrected chi connectivity index (χ0v) is 19.4. The number of fused-ring (bicyclic) bond motifs is 1. The highest BCUT2D eigenvalue weighted by atomic mass is 16.5. The smallest absolute Gasteiger partial charge is 0.234 e. The van der Waals surface area contributed by atoms with Gasteiger partial charge in [0, 0.05) is 17.8 Å². The second-order valence-corrected chi connectivity index (χ2v) is 8.40. The predicted octanol–water partition coefficient (Wildman–Crippen LogP) is 2.65. The second-order valence-electron chi connectivity index (χ2n) is 8.40. The Morgan fingerprint density at radius 3 is 2.35 bits per heavy atom. The predicted molar refractivity (Wildman–Crippen MR) is 124 cm³/mol. The first-order valence-corrected chi connectivity index (χ1v) is 10.9. The Hall–Kier alpha value is -3.72. The molecule has 3 heterocycles. The van der Waals surface area contributed by atoms with Crippen molar-refractivity contribution in [1.29, 1.82) is 0 Å². The molecule has 1 spiro atoms. The maximum atomic E-state index is 13.6. The van der Waals surface area contributed by atoms with Crippen molar-refractivity contribution < 1.29 is 33.3 Å². The van der Waals surface area contributed by atoms with E-state index in [2.05, 4.69) is 5.32 Å². The third-order valence-electron chi connectivity index (χ3n) is 6.71. The molecular formula is C25H26N2O7. The lowest BCUT2D eigenvalue weighted by atomic mass is 9.76. The van der Waals surface area contributed by atoms with E-state index in [1.54, 1.807) is 30.2 Å². The summed E-state index contributed by atoms with van der Waals surface area (Å²) in [7, 11) is 6.08. The number of anilines is 2. The van der Waals surface area contributed by atoms with Gasteiger partial charge < -0.3 is 33.9 Å². The number of methoxy groups -OCH3 is 4. The Morgan fingerprint density at radius 1 is 1.03 bits per heavy atom. The number of ether oxygens (including phenoxy) is 5. The van der Waals surface area contributed by atoms with Gasteiger partial charge in [-0.15, -0.1) is 0 Å². The Labute approximate surface area is 197 Å². The lowest BCUT2D eigenvalue weighted by Gasteiger charge is -2.24. The minimum Gasteiger partial charge on any atom is -0.495 e. The molecule has 9 heteroatoms. The van der Waals surface area contributed by atoms with Gasteiger partial charge in [0.05, 0.1) is 58.6 Å².